The Balaban J connectivity index is 2.29. The number of hydrogen-bond acceptors (Lipinski definition) is 5. The van der Waals surface area contributed by atoms with Crippen LogP contribution in [-0.4, -0.2) is 35.0 Å². The number of sulfonamides is 1. The molecule has 20 heavy (non-hydrogen) atoms. The molecule has 0 aliphatic carbocycles. The van der Waals surface area contributed by atoms with E-state index in [0.29, 0.717) is 22.9 Å². The van der Waals surface area contributed by atoms with E-state index in [1.165, 1.54) is 17.4 Å². The molecule has 0 saturated carbocycles. The lowest BCUT2D eigenvalue weighted by molar-refractivity contribution is 0.457. The average molecular weight is 295 g/mol. The van der Waals surface area contributed by atoms with Crippen molar-refractivity contribution in [1.29, 1.82) is 0 Å². The van der Waals surface area contributed by atoms with Crippen molar-refractivity contribution < 1.29 is 8.42 Å². The van der Waals surface area contributed by atoms with E-state index in [1.807, 2.05) is 0 Å². The minimum atomic E-state index is -3.59. The van der Waals surface area contributed by atoms with E-state index in [0.717, 1.165) is 0 Å². The van der Waals surface area contributed by atoms with Crippen LogP contribution >= 0.6 is 0 Å². The highest BCUT2D eigenvalue weighted by Gasteiger charge is 2.23. The van der Waals surface area contributed by atoms with Gasteiger partial charge in [0.2, 0.25) is 10.0 Å². The normalized spacial score (nSPS) is 12.0. The molecule has 0 spiro atoms. The van der Waals surface area contributed by atoms with Crippen LogP contribution in [0.1, 0.15) is 17.2 Å². The lowest BCUT2D eigenvalue weighted by atomic mass is 10.2. The number of nitrogens with two attached hydrogens (primary N) is 1. The average Bonchev–Trinajstić information content (AvgIpc) is 2.74. The quantitative estimate of drug-likeness (QED) is 0.813. The molecule has 0 aliphatic heterocycles. The van der Waals surface area contributed by atoms with E-state index in [-0.39, 0.29) is 11.4 Å². The summed E-state index contributed by atoms with van der Waals surface area (Å²) >= 11 is 0. The molecule has 0 bridgehead atoms. The van der Waals surface area contributed by atoms with Crippen LogP contribution in [0.4, 0.5) is 5.69 Å². The Kier molecular flexibility index (Phi) is 3.78. The first kappa shape index (κ1) is 14.5. The fourth-order valence-electron chi connectivity index (χ4n) is 1.87. The van der Waals surface area contributed by atoms with Gasteiger partial charge in [0.05, 0.1) is 11.4 Å². The van der Waals surface area contributed by atoms with Gasteiger partial charge in [0, 0.05) is 12.7 Å². The number of nitrogens with zero attached hydrogens (tertiary/aromatic N) is 3. The number of aromatic amines is 1. The molecule has 1 heterocycles. The summed E-state index contributed by atoms with van der Waals surface area (Å²) in [5.74, 6) is 1.08. The van der Waals surface area contributed by atoms with Crippen molar-refractivity contribution in [3.63, 3.8) is 0 Å². The molecule has 0 atom stereocenters. The number of hydrogen-bond donors (Lipinski definition) is 2. The van der Waals surface area contributed by atoms with E-state index in [9.17, 15) is 8.42 Å². The Morgan fingerprint density at radius 2 is 2.05 bits per heavy atom. The monoisotopic (exact) mass is 295 g/mol. The van der Waals surface area contributed by atoms with Gasteiger partial charge in [-0.3, -0.25) is 5.10 Å². The Morgan fingerprint density at radius 3 is 2.60 bits per heavy atom. The number of anilines is 1. The Bertz CT molecular complexity index is 723. The lowest BCUT2D eigenvalue weighted by Crippen LogP contribution is -2.27. The molecule has 7 nitrogen and oxygen atoms in total. The van der Waals surface area contributed by atoms with Crippen LogP contribution in [0.25, 0.3) is 0 Å². The topological polar surface area (TPSA) is 105 Å². The van der Waals surface area contributed by atoms with Gasteiger partial charge in [0.25, 0.3) is 0 Å². The minimum absolute atomic E-state index is 0.108. The van der Waals surface area contributed by atoms with Crippen LogP contribution in [-0.2, 0) is 16.6 Å². The Morgan fingerprint density at radius 1 is 1.35 bits per heavy atom. The van der Waals surface area contributed by atoms with Crippen molar-refractivity contribution >= 4 is 15.7 Å². The fraction of sp³-hybridized carbons (Fsp3) is 0.333. The molecular formula is C12H17N5O2S. The second kappa shape index (κ2) is 5.22. The standard InChI is InChI=1S/C12H17N5O2S/c1-8-6-10(13)4-5-11(8)20(18,19)17(3)7-12-14-9(2)15-16-12/h4-6H,7,13H2,1-3H3,(H,14,15,16). The first-order valence-electron chi connectivity index (χ1n) is 6.01. The van der Waals surface area contributed by atoms with Crippen LogP contribution in [0.15, 0.2) is 23.1 Å². The van der Waals surface area contributed by atoms with E-state index in [1.54, 1.807) is 26.0 Å². The number of benzene rings is 1. The smallest absolute Gasteiger partial charge is 0.243 e. The molecule has 0 saturated heterocycles. The molecule has 1 aromatic heterocycles. The Labute approximate surface area is 117 Å². The second-order valence-corrected chi connectivity index (χ2v) is 6.64. The molecule has 8 heteroatoms. The highest BCUT2D eigenvalue weighted by molar-refractivity contribution is 7.89. The van der Waals surface area contributed by atoms with Gasteiger partial charge in [-0.2, -0.15) is 9.40 Å². The number of nitrogens with one attached hydrogen (secondary N) is 1. The molecule has 2 aromatic rings. The molecule has 0 aliphatic rings. The largest absolute Gasteiger partial charge is 0.399 e. The summed E-state index contributed by atoms with van der Waals surface area (Å²) in [5, 5.41) is 6.62. The lowest BCUT2D eigenvalue weighted by Gasteiger charge is -2.17. The van der Waals surface area contributed by atoms with Gasteiger partial charge >= 0.3 is 0 Å². The molecule has 0 amide bonds. The maximum absolute atomic E-state index is 12.5. The van der Waals surface area contributed by atoms with E-state index < -0.39 is 10.0 Å². The summed E-state index contributed by atoms with van der Waals surface area (Å²) in [4.78, 5) is 4.34. The molecule has 2 rings (SSSR count). The van der Waals surface area contributed by atoms with Crippen LogP contribution in [0, 0.1) is 13.8 Å². The van der Waals surface area contributed by atoms with Crippen molar-refractivity contribution in [1.82, 2.24) is 19.5 Å². The van der Waals surface area contributed by atoms with E-state index in [2.05, 4.69) is 15.2 Å². The second-order valence-electron chi connectivity index (χ2n) is 4.62. The first-order valence-corrected chi connectivity index (χ1v) is 7.45. The van der Waals surface area contributed by atoms with E-state index >= 15 is 0 Å². The van der Waals surface area contributed by atoms with E-state index in [4.69, 9.17) is 5.73 Å². The van der Waals surface area contributed by atoms with Crippen LogP contribution in [0.5, 0.6) is 0 Å². The number of aryl methyl sites for hydroxylation is 2. The van der Waals surface area contributed by atoms with Crippen molar-refractivity contribution in [3.05, 3.63) is 35.4 Å². The first-order chi connectivity index (χ1) is 9.30. The third kappa shape index (κ3) is 2.81. The van der Waals surface area contributed by atoms with Crippen LogP contribution in [0.2, 0.25) is 0 Å². The fourth-order valence-corrected chi connectivity index (χ4v) is 3.20. The molecule has 1 aromatic carbocycles. The van der Waals surface area contributed by atoms with Crippen molar-refractivity contribution in [2.24, 2.45) is 0 Å². The molecule has 0 fully saturated rings. The molecule has 0 unspecified atom stereocenters. The molecule has 3 N–H and O–H groups in total. The predicted octanol–water partition coefficient (Wildman–Crippen LogP) is 0.824. The number of rotatable bonds is 4. The summed E-state index contributed by atoms with van der Waals surface area (Å²) in [6.07, 6.45) is 0. The summed E-state index contributed by atoms with van der Waals surface area (Å²) in [7, 11) is -2.09. The van der Waals surface area contributed by atoms with Gasteiger partial charge in [-0.1, -0.05) is 0 Å². The van der Waals surface area contributed by atoms with Crippen LogP contribution < -0.4 is 5.73 Å². The SMILES string of the molecule is Cc1nc(CN(C)S(=O)(=O)c2ccc(N)cc2C)n[nH]1. The molecule has 108 valence electrons. The summed E-state index contributed by atoms with van der Waals surface area (Å²) in [6.45, 7) is 3.58. The Hall–Kier alpha value is -1.93. The zero-order valence-electron chi connectivity index (χ0n) is 11.6. The van der Waals surface area contributed by atoms with Crippen molar-refractivity contribution in [3.8, 4) is 0 Å². The summed E-state index contributed by atoms with van der Waals surface area (Å²) in [6, 6.07) is 4.72. The van der Waals surface area contributed by atoms with Gasteiger partial charge in [0.1, 0.15) is 5.82 Å². The molecular weight excluding hydrogens is 278 g/mol. The van der Waals surface area contributed by atoms with Gasteiger partial charge < -0.3 is 5.73 Å². The zero-order valence-corrected chi connectivity index (χ0v) is 12.4. The summed E-state index contributed by atoms with van der Waals surface area (Å²) in [5.41, 5.74) is 6.79. The van der Waals surface area contributed by atoms with Crippen molar-refractivity contribution in [2.75, 3.05) is 12.8 Å². The maximum atomic E-state index is 12.5. The van der Waals surface area contributed by atoms with Crippen LogP contribution in [0.3, 0.4) is 0 Å². The highest BCUT2D eigenvalue weighted by Crippen LogP contribution is 2.21. The predicted molar refractivity (Wildman–Crippen MR) is 75.4 cm³/mol. The number of nitrogen functional groups attached to an aromatic ring is 1. The zero-order chi connectivity index (χ0) is 14.9. The maximum Gasteiger partial charge on any atom is 0.243 e. The number of H-pyrrole nitrogens is 1. The van der Waals surface area contributed by atoms with Gasteiger partial charge in [-0.05, 0) is 37.6 Å². The van der Waals surface area contributed by atoms with Crippen molar-refractivity contribution in [2.45, 2.75) is 25.3 Å². The highest BCUT2D eigenvalue weighted by atomic mass is 32.2. The summed E-state index contributed by atoms with van der Waals surface area (Å²) < 4.78 is 26.2. The minimum Gasteiger partial charge on any atom is -0.399 e. The molecule has 0 radical (unpaired) electrons. The number of aromatic nitrogens is 3. The third-order valence-corrected chi connectivity index (χ3v) is 4.86. The van der Waals surface area contributed by atoms with Gasteiger partial charge in [-0.25, -0.2) is 13.4 Å². The third-order valence-electron chi connectivity index (χ3n) is 2.89. The van der Waals surface area contributed by atoms with Gasteiger partial charge in [-0.15, -0.1) is 0 Å². The van der Waals surface area contributed by atoms with Gasteiger partial charge in [0.15, 0.2) is 5.82 Å².